The van der Waals surface area contributed by atoms with E-state index in [0.717, 1.165) is 11.3 Å². The van der Waals surface area contributed by atoms with Gasteiger partial charge >= 0.3 is 12.1 Å². The lowest BCUT2D eigenvalue weighted by molar-refractivity contribution is 0.0379. The van der Waals surface area contributed by atoms with E-state index in [4.69, 9.17) is 9.47 Å². The first kappa shape index (κ1) is 21.0. The average molecular weight is 370 g/mol. The van der Waals surface area contributed by atoms with E-state index in [2.05, 4.69) is 5.32 Å². The molecular formula is C17H26N2O5S. The van der Waals surface area contributed by atoms with Crippen molar-refractivity contribution < 1.29 is 23.9 Å². The van der Waals surface area contributed by atoms with Crippen molar-refractivity contribution in [2.24, 2.45) is 0 Å². The molecule has 0 saturated heterocycles. The predicted octanol–water partition coefficient (Wildman–Crippen LogP) is 3.67. The van der Waals surface area contributed by atoms with E-state index in [1.54, 1.807) is 32.6 Å². The maximum Gasteiger partial charge on any atom is 0.412 e. The fourth-order valence-corrected chi connectivity index (χ4v) is 3.39. The third-order valence-electron chi connectivity index (χ3n) is 3.43. The first-order valence-electron chi connectivity index (χ1n) is 8.34. The molecule has 1 rings (SSSR count). The maximum absolute atomic E-state index is 12.7. The number of carbonyl (C=O) groups excluding carboxylic acids is 3. The minimum atomic E-state index is -0.677. The molecule has 0 aliphatic carbocycles. The van der Waals surface area contributed by atoms with Crippen LogP contribution in [-0.2, 0) is 9.47 Å². The van der Waals surface area contributed by atoms with Crippen molar-refractivity contribution in [2.75, 3.05) is 25.0 Å². The molecule has 7 nitrogen and oxygen atoms in total. The van der Waals surface area contributed by atoms with Gasteiger partial charge in [-0.3, -0.25) is 10.1 Å². The first-order chi connectivity index (χ1) is 11.8. The van der Waals surface area contributed by atoms with E-state index >= 15 is 0 Å². The van der Waals surface area contributed by atoms with Gasteiger partial charge in [-0.1, -0.05) is 0 Å². The van der Waals surface area contributed by atoms with Gasteiger partial charge in [0.1, 0.15) is 5.00 Å². The highest BCUT2D eigenvalue weighted by atomic mass is 32.1. The number of amides is 2. The first-order valence-corrected chi connectivity index (χ1v) is 9.15. The molecule has 2 amide bonds. The number of nitrogens with zero attached hydrogens (tertiary/aromatic N) is 1. The molecule has 0 aromatic carbocycles. The fourth-order valence-electron chi connectivity index (χ4n) is 2.24. The van der Waals surface area contributed by atoms with Crippen LogP contribution < -0.4 is 5.32 Å². The van der Waals surface area contributed by atoms with E-state index in [0.29, 0.717) is 23.5 Å². The van der Waals surface area contributed by atoms with E-state index in [-0.39, 0.29) is 29.2 Å². The summed E-state index contributed by atoms with van der Waals surface area (Å²) in [7, 11) is 0. The van der Waals surface area contributed by atoms with Crippen LogP contribution in [0.2, 0.25) is 0 Å². The highest BCUT2D eigenvalue weighted by Crippen LogP contribution is 2.35. The Balaban J connectivity index is 3.33. The number of hydrogen-bond donors (Lipinski definition) is 1. The lowest BCUT2D eigenvalue weighted by atomic mass is 10.1. The number of carbonyl (C=O) groups is 3. The van der Waals surface area contributed by atoms with Gasteiger partial charge in [0.15, 0.2) is 0 Å². The van der Waals surface area contributed by atoms with Crippen LogP contribution in [0.3, 0.4) is 0 Å². The molecule has 1 aromatic heterocycles. The summed E-state index contributed by atoms with van der Waals surface area (Å²) in [5.41, 5.74) is 0.696. The monoisotopic (exact) mass is 370 g/mol. The van der Waals surface area contributed by atoms with Crippen molar-refractivity contribution >= 4 is 34.3 Å². The molecule has 1 heterocycles. The lowest BCUT2D eigenvalue weighted by Crippen LogP contribution is -2.30. The number of nitrogens with one attached hydrogen (secondary N) is 1. The van der Waals surface area contributed by atoms with Gasteiger partial charge in [0.05, 0.1) is 23.2 Å². The summed E-state index contributed by atoms with van der Waals surface area (Å²) in [5.74, 6) is -0.753. The van der Waals surface area contributed by atoms with Gasteiger partial charge in [-0.25, -0.2) is 9.59 Å². The Morgan fingerprint density at radius 1 is 1.16 bits per heavy atom. The van der Waals surface area contributed by atoms with Crippen LogP contribution in [0.4, 0.5) is 9.80 Å². The molecule has 0 aliphatic heterocycles. The molecule has 1 aromatic rings. The summed E-state index contributed by atoms with van der Waals surface area (Å²) >= 11 is 1.06. The topological polar surface area (TPSA) is 84.9 Å². The van der Waals surface area contributed by atoms with Crippen molar-refractivity contribution in [1.29, 1.82) is 0 Å². The summed E-state index contributed by atoms with van der Waals surface area (Å²) in [6.07, 6.45) is -0.992. The predicted molar refractivity (Wildman–Crippen MR) is 97.5 cm³/mol. The van der Waals surface area contributed by atoms with Crippen molar-refractivity contribution in [3.63, 3.8) is 0 Å². The standard InChI is InChI=1S/C17H26N2O5S/c1-7-19(8-2)15(20)13-11(6)12(16(21)24-10(4)5)14(25-13)18-17(22)23-9-3/h10H,7-9H2,1-6H3,(H,18,22). The Bertz CT molecular complexity index is 635. The van der Waals surface area contributed by atoms with Gasteiger partial charge in [-0.05, 0) is 47.1 Å². The Kier molecular flexibility index (Phi) is 7.89. The van der Waals surface area contributed by atoms with E-state index < -0.39 is 12.1 Å². The molecule has 1 N–H and O–H groups in total. The Morgan fingerprint density at radius 2 is 1.76 bits per heavy atom. The lowest BCUT2D eigenvalue weighted by Gasteiger charge is -2.18. The molecule has 0 unspecified atom stereocenters. The number of rotatable bonds is 7. The van der Waals surface area contributed by atoms with Crippen LogP contribution in [0.1, 0.15) is 60.2 Å². The van der Waals surface area contributed by atoms with Crippen LogP contribution >= 0.6 is 11.3 Å². The molecule has 0 bridgehead atoms. The van der Waals surface area contributed by atoms with E-state index in [1.807, 2.05) is 13.8 Å². The molecule has 0 fully saturated rings. The highest BCUT2D eigenvalue weighted by molar-refractivity contribution is 7.18. The highest BCUT2D eigenvalue weighted by Gasteiger charge is 2.28. The molecule has 0 spiro atoms. The van der Waals surface area contributed by atoms with E-state index in [1.165, 1.54) is 0 Å². The van der Waals surface area contributed by atoms with Crippen molar-refractivity contribution in [1.82, 2.24) is 4.90 Å². The normalized spacial score (nSPS) is 10.5. The summed E-state index contributed by atoms with van der Waals surface area (Å²) in [6, 6.07) is 0. The number of ether oxygens (including phenoxy) is 2. The SMILES string of the molecule is CCOC(=O)Nc1sc(C(=O)N(CC)CC)c(C)c1C(=O)OC(C)C. The minimum Gasteiger partial charge on any atom is -0.459 e. The smallest absolute Gasteiger partial charge is 0.412 e. The van der Waals surface area contributed by atoms with Crippen LogP contribution in [-0.4, -0.2) is 48.7 Å². The minimum absolute atomic E-state index is 0.178. The third kappa shape index (κ3) is 5.19. The second-order valence-corrected chi connectivity index (χ2v) is 6.56. The number of anilines is 1. The number of hydrogen-bond acceptors (Lipinski definition) is 6. The van der Waals surface area contributed by atoms with Crippen LogP contribution in [0.25, 0.3) is 0 Å². The number of thiophene rings is 1. The zero-order valence-corrected chi connectivity index (χ0v) is 16.4. The molecule has 140 valence electrons. The molecule has 0 atom stereocenters. The van der Waals surface area contributed by atoms with E-state index in [9.17, 15) is 14.4 Å². The third-order valence-corrected chi connectivity index (χ3v) is 4.62. The van der Waals surface area contributed by atoms with Crippen LogP contribution in [0.5, 0.6) is 0 Å². The van der Waals surface area contributed by atoms with Crippen LogP contribution in [0, 0.1) is 6.92 Å². The van der Waals surface area contributed by atoms with Gasteiger partial charge in [-0.15, -0.1) is 11.3 Å². The van der Waals surface area contributed by atoms with Crippen molar-refractivity contribution in [3.8, 4) is 0 Å². The quantitative estimate of drug-likeness (QED) is 0.740. The summed E-state index contributed by atoms with van der Waals surface area (Å²) in [4.78, 5) is 39.0. The maximum atomic E-state index is 12.7. The summed E-state index contributed by atoms with van der Waals surface area (Å²) in [6.45, 7) is 11.9. The zero-order valence-electron chi connectivity index (χ0n) is 15.6. The molecule has 25 heavy (non-hydrogen) atoms. The van der Waals surface area contributed by atoms with Crippen molar-refractivity contribution in [3.05, 3.63) is 16.0 Å². The van der Waals surface area contributed by atoms with Gasteiger partial charge in [0.25, 0.3) is 5.91 Å². The fraction of sp³-hybridized carbons (Fsp3) is 0.588. The zero-order chi connectivity index (χ0) is 19.1. The average Bonchev–Trinajstić information content (AvgIpc) is 2.84. The van der Waals surface area contributed by atoms with Gasteiger partial charge in [0.2, 0.25) is 0 Å². The molecule has 0 saturated carbocycles. The Morgan fingerprint density at radius 3 is 2.24 bits per heavy atom. The van der Waals surface area contributed by atoms with Gasteiger partial charge in [0, 0.05) is 13.1 Å². The number of esters is 1. The van der Waals surface area contributed by atoms with Crippen LogP contribution in [0.15, 0.2) is 0 Å². The molecule has 0 aliphatic rings. The largest absolute Gasteiger partial charge is 0.459 e. The summed E-state index contributed by atoms with van der Waals surface area (Å²) < 4.78 is 10.1. The van der Waals surface area contributed by atoms with Gasteiger partial charge < -0.3 is 14.4 Å². The second kappa shape index (κ2) is 9.41. The Hall–Kier alpha value is -2.09. The molecule has 0 radical (unpaired) electrons. The second-order valence-electron chi connectivity index (χ2n) is 5.54. The Labute approximate surface area is 152 Å². The van der Waals surface area contributed by atoms with Crippen molar-refractivity contribution in [2.45, 2.75) is 47.6 Å². The van der Waals surface area contributed by atoms with Gasteiger partial charge in [-0.2, -0.15) is 0 Å². The molecule has 8 heteroatoms. The molecular weight excluding hydrogens is 344 g/mol. The summed E-state index contributed by atoms with van der Waals surface area (Å²) in [5, 5.41) is 2.80.